The van der Waals surface area contributed by atoms with E-state index in [9.17, 15) is 75.0 Å². The standard InChI is InChI=1S/C75H89Cl2N9O24/c1-30(2)9-8-10-32(5)17-18-80-75(7)28-53(105-33(6)66(75)96)109-65-63(95)62(94)51(29-87)108-74(65)110-64-49-23-37-24-50(64)107-48-16-13-36(22-42(48)77)61(93)59-72(102)84-57(73(103)104)40-25-38(88)26-46(90)54(40)39-20-34(11-14-45(39)89)55(69(99)86-59)83-70(100)56(37)82-68(98)44(27-52(79)91)81-71(101)58(85-67(97)43(78)19-31(3)4)60(92)35-12-15-47(106-49)41(76)21-35/h9,11-17,20-26,31,33,43-44,51,53,55-63,65-66,74,80,87-90,92-96H,8,10,18-19,27-29,78H2,1-7H3,(H2,79,91)(H,81,101)(H,82,98)(H,83,100)(H,84,102)(H,85,97)(H,86,99)(H,103,104)/b32-17+/t33-,43+,44-,51+,53-,55+,56+,57-,58+,59-,60+,61+,62+,63-,65+,66+,74-,75-/m0/s1. The molecule has 2 fully saturated rings. The van der Waals surface area contributed by atoms with Crippen molar-refractivity contribution >= 4 is 70.5 Å². The summed E-state index contributed by atoms with van der Waals surface area (Å²) in [6.45, 7) is 12.1. The number of phenols is 3. The molecule has 7 amide bonds. The molecule has 33 nitrogen and oxygen atoms in total. The molecule has 0 radical (unpaired) electrons. The minimum absolute atomic E-state index is 0.0734. The number of halogens is 2. The number of nitrogens with one attached hydrogen (secondary N) is 7. The van der Waals surface area contributed by atoms with E-state index in [4.69, 9.17) is 63.1 Å². The van der Waals surface area contributed by atoms with Gasteiger partial charge in [0.1, 0.15) is 89.5 Å². The summed E-state index contributed by atoms with van der Waals surface area (Å²) in [5.74, 6) is -16.3. The Labute approximate surface area is 640 Å². The van der Waals surface area contributed by atoms with Gasteiger partial charge < -0.3 is 128 Å². The van der Waals surface area contributed by atoms with Crippen molar-refractivity contribution in [3.63, 3.8) is 0 Å². The molecule has 0 unspecified atom stereocenters. The molecule has 2 saturated heterocycles. The SMILES string of the molecule is CC(C)=CCC/C(C)=C/CN[C@@]1(C)C[C@H](O[C@H]2[C@H](Oc3c4cc5cc3Oc3ccc(cc3Cl)[C@@H](O)[C@@H](NC(=O)[C@H](N)CC(C)C)C(=O)N[C@@H](CC(N)=O)C(=O)N[C@H]5C(=O)N[C@H]3C(=O)N[C@H](C(=O)N[C@H](C(=O)O)c5cc(O)cc(O)c5-c5cc3ccc5O)[C@H](O)c3ccc(c(Cl)c3)O4)O[C@H](CO)[C@@H](O)[C@@H]2O)O[C@@H](C)[C@H]1O. The molecule has 0 aromatic heterocycles. The van der Waals surface area contributed by atoms with Crippen LogP contribution in [0.25, 0.3) is 11.1 Å². The molecule has 5 aromatic carbocycles. The molecule has 5 aromatic rings. The number of aliphatic hydroxyl groups is 6. The first kappa shape index (κ1) is 82.8. The molecule has 110 heavy (non-hydrogen) atoms. The summed E-state index contributed by atoms with van der Waals surface area (Å²) in [5, 5.41) is 133. The molecule has 35 heteroatoms. The van der Waals surface area contributed by atoms with Gasteiger partial charge in [-0.05, 0) is 137 Å². The number of benzene rings is 5. The molecule has 18 atom stereocenters. The summed E-state index contributed by atoms with van der Waals surface area (Å²) < 4.78 is 39.2. The number of phenolic OH excluding ortho intramolecular Hbond substituents is 3. The fourth-order valence-corrected chi connectivity index (χ4v) is 14.0. The maximum absolute atomic E-state index is 16.1. The van der Waals surface area contributed by atoms with Crippen LogP contribution in [0.1, 0.15) is 139 Å². The van der Waals surface area contributed by atoms with E-state index in [0.717, 1.165) is 85.1 Å². The van der Waals surface area contributed by atoms with Crippen LogP contribution in [0.5, 0.6) is 46.0 Å². The number of aliphatic hydroxyl groups excluding tert-OH is 6. The third-order valence-corrected chi connectivity index (χ3v) is 20.1. The highest BCUT2D eigenvalue weighted by Gasteiger charge is 2.52. The number of carbonyl (C=O) groups is 8. The number of aliphatic carboxylic acids is 1. The molecule has 21 N–H and O–H groups in total. The van der Waals surface area contributed by atoms with E-state index < -0.39 is 237 Å². The van der Waals surface area contributed by atoms with Gasteiger partial charge in [-0.1, -0.05) is 78.5 Å². The van der Waals surface area contributed by atoms with Crippen molar-refractivity contribution in [2.75, 3.05) is 13.2 Å². The summed E-state index contributed by atoms with van der Waals surface area (Å²) in [7, 11) is 0. The molecule has 7 aliphatic rings. The monoisotopic (exact) mass is 1570 g/mol. The lowest BCUT2D eigenvalue weighted by molar-refractivity contribution is -0.334. The first-order valence-corrected chi connectivity index (χ1v) is 36.0. The van der Waals surface area contributed by atoms with Crippen molar-refractivity contribution < 1.29 is 118 Å². The Morgan fingerprint density at radius 1 is 0.718 bits per heavy atom. The number of primary amides is 1. The Hall–Kier alpha value is -9.72. The second-order valence-corrected chi connectivity index (χ2v) is 29.5. The van der Waals surface area contributed by atoms with Crippen molar-refractivity contribution in [2.45, 2.75) is 190 Å². The van der Waals surface area contributed by atoms with E-state index in [1.165, 1.54) is 17.7 Å². The van der Waals surface area contributed by atoms with Crippen LogP contribution < -0.4 is 62.9 Å². The number of hydrogen-bond donors (Lipinski definition) is 19. The van der Waals surface area contributed by atoms with Crippen molar-refractivity contribution in [2.24, 2.45) is 17.4 Å². The Morgan fingerprint density at radius 3 is 1.95 bits per heavy atom. The van der Waals surface area contributed by atoms with Gasteiger partial charge in [0.2, 0.25) is 53.4 Å². The van der Waals surface area contributed by atoms with E-state index in [1.54, 1.807) is 27.7 Å². The zero-order valence-electron chi connectivity index (χ0n) is 60.6. The molecule has 7 heterocycles. The first-order valence-electron chi connectivity index (χ1n) is 35.2. The van der Waals surface area contributed by atoms with Gasteiger partial charge in [-0.2, -0.15) is 0 Å². The molecular weight excluding hydrogens is 1480 g/mol. The van der Waals surface area contributed by atoms with Gasteiger partial charge in [0.05, 0.1) is 41.3 Å². The molecule has 0 saturated carbocycles. The van der Waals surface area contributed by atoms with Crippen molar-refractivity contribution in [1.29, 1.82) is 0 Å². The number of hydrogen-bond acceptors (Lipinski definition) is 25. The number of amides is 7. The number of aromatic hydroxyl groups is 3. The molecule has 592 valence electrons. The highest BCUT2D eigenvalue weighted by molar-refractivity contribution is 6.32. The number of carbonyl (C=O) groups excluding carboxylic acids is 7. The van der Waals surface area contributed by atoms with Crippen molar-refractivity contribution in [1.82, 2.24) is 37.2 Å². The lowest BCUT2D eigenvalue weighted by Gasteiger charge is -2.48. The van der Waals surface area contributed by atoms with E-state index in [0.29, 0.717) is 0 Å². The van der Waals surface area contributed by atoms with Gasteiger partial charge in [-0.15, -0.1) is 0 Å². The second-order valence-electron chi connectivity index (χ2n) is 28.6. The summed E-state index contributed by atoms with van der Waals surface area (Å²) in [6, 6.07) is -1.03. The number of fused-ring (bicyclic) bond motifs is 15. The average Bonchev–Trinajstić information content (AvgIpc) is 0.770. The Balaban J connectivity index is 1.20. The summed E-state index contributed by atoms with van der Waals surface area (Å²) in [4.78, 5) is 117. The highest BCUT2D eigenvalue weighted by atomic mass is 35.5. The maximum atomic E-state index is 16.1. The quantitative estimate of drug-likeness (QED) is 0.0560. The number of ether oxygens (including phenoxy) is 6. The van der Waals surface area contributed by atoms with Crippen LogP contribution in [-0.2, 0) is 52.6 Å². The zero-order chi connectivity index (χ0) is 80.2. The summed E-state index contributed by atoms with van der Waals surface area (Å²) in [5.41, 5.74) is 10.2. The van der Waals surface area contributed by atoms with Gasteiger partial charge in [-0.3, -0.25) is 33.6 Å². The second kappa shape index (κ2) is 34.7. The molecule has 7 aliphatic heterocycles. The Kier molecular flexibility index (Phi) is 26.1. The third-order valence-electron chi connectivity index (χ3n) is 19.5. The van der Waals surface area contributed by atoms with Crippen molar-refractivity contribution in [3.05, 3.63) is 140 Å². The van der Waals surface area contributed by atoms with Crippen LogP contribution in [0.2, 0.25) is 10.0 Å². The number of nitrogens with two attached hydrogens (primary N) is 2. The van der Waals surface area contributed by atoms with Crippen LogP contribution in [0.3, 0.4) is 0 Å². The van der Waals surface area contributed by atoms with Gasteiger partial charge in [0, 0.05) is 41.3 Å². The van der Waals surface area contributed by atoms with Crippen LogP contribution in [0.15, 0.2) is 102 Å². The Morgan fingerprint density at radius 2 is 1.34 bits per heavy atom. The molecule has 12 rings (SSSR count). The summed E-state index contributed by atoms with van der Waals surface area (Å²) in [6.07, 6.45) is -12.9. The smallest absolute Gasteiger partial charge is 0.330 e. The van der Waals surface area contributed by atoms with E-state index in [-0.39, 0.29) is 52.8 Å². The minimum Gasteiger partial charge on any atom is -0.508 e. The van der Waals surface area contributed by atoms with E-state index >= 15 is 14.4 Å². The molecule has 0 aliphatic carbocycles. The largest absolute Gasteiger partial charge is 0.508 e. The Bertz CT molecular complexity index is 4430. The molecule has 11 bridgehead atoms. The predicted octanol–water partition coefficient (Wildman–Crippen LogP) is 3.17. The predicted molar refractivity (Wildman–Crippen MR) is 391 cm³/mol. The molecular formula is C75H89Cl2N9O24. The van der Waals surface area contributed by atoms with Crippen LogP contribution in [-0.4, -0.2) is 190 Å². The van der Waals surface area contributed by atoms with E-state index in [1.807, 2.05) is 26.8 Å². The third kappa shape index (κ3) is 18.7. The average molecular weight is 1570 g/mol. The first-order chi connectivity index (χ1) is 51.9. The van der Waals surface area contributed by atoms with Gasteiger partial charge in [-0.25, -0.2) is 4.79 Å². The topological polar surface area (TPSA) is 530 Å². The van der Waals surface area contributed by atoms with Crippen molar-refractivity contribution in [3.8, 4) is 57.1 Å². The van der Waals surface area contributed by atoms with Gasteiger partial charge in [0.25, 0.3) is 0 Å². The number of allylic oxidation sites excluding steroid dienone is 3. The van der Waals surface area contributed by atoms with Crippen LogP contribution in [0, 0.1) is 5.92 Å². The van der Waals surface area contributed by atoms with Gasteiger partial charge >= 0.3 is 5.97 Å². The van der Waals surface area contributed by atoms with Gasteiger partial charge in [0.15, 0.2) is 29.9 Å². The maximum Gasteiger partial charge on any atom is 0.330 e. The fourth-order valence-electron chi connectivity index (χ4n) is 13.6. The summed E-state index contributed by atoms with van der Waals surface area (Å²) >= 11 is 14.2. The fraction of sp³-hybridized carbons (Fsp3) is 0.440. The van der Waals surface area contributed by atoms with E-state index in [2.05, 4.69) is 43.3 Å². The lowest BCUT2D eigenvalue weighted by Crippen LogP contribution is -2.65. The highest BCUT2D eigenvalue weighted by Crippen LogP contribution is 2.50. The number of carboxylic acid groups (broad SMARTS) is 1. The molecule has 0 spiro atoms. The normalized spacial score (nSPS) is 28.1. The minimum atomic E-state index is -2.36. The van der Waals surface area contributed by atoms with Crippen LogP contribution in [0.4, 0.5) is 0 Å². The lowest BCUT2D eigenvalue weighted by atomic mass is 9.85. The number of carboxylic acids is 1. The number of rotatable bonds is 18. The van der Waals surface area contributed by atoms with Crippen LogP contribution >= 0.6 is 23.2 Å². The zero-order valence-corrected chi connectivity index (χ0v) is 62.1.